The maximum Gasteiger partial charge on any atom is 0.251 e. The first-order chi connectivity index (χ1) is 10.5. The third-order valence-electron chi connectivity index (χ3n) is 3.39. The van der Waals surface area contributed by atoms with Crippen molar-refractivity contribution in [1.82, 2.24) is 5.32 Å². The van der Waals surface area contributed by atoms with Crippen molar-refractivity contribution in [2.75, 3.05) is 0 Å². The van der Waals surface area contributed by atoms with Gasteiger partial charge >= 0.3 is 0 Å². The van der Waals surface area contributed by atoms with Crippen LogP contribution in [0.5, 0.6) is 0 Å². The molecule has 0 spiro atoms. The number of allylic oxidation sites excluding steroid dienone is 1. The van der Waals surface area contributed by atoms with Crippen molar-refractivity contribution in [3.63, 3.8) is 0 Å². The summed E-state index contributed by atoms with van der Waals surface area (Å²) in [6, 6.07) is 6.41. The van der Waals surface area contributed by atoms with Gasteiger partial charge in [0.2, 0.25) is 5.91 Å². The second-order valence-electron chi connectivity index (χ2n) is 5.22. The number of carbonyl (C=O) groups excluding carboxylic acids is 2. The number of hydrogen-bond acceptors (Lipinski definition) is 2. The molecule has 5 heteroatoms. The summed E-state index contributed by atoms with van der Waals surface area (Å²) in [6.45, 7) is 3.69. The normalized spacial score (nSPS) is 11.7. The zero-order valence-electron chi connectivity index (χ0n) is 12.7. The van der Waals surface area contributed by atoms with Gasteiger partial charge in [0.15, 0.2) is 0 Å². The molecule has 1 rings (SSSR count). The molecule has 0 heterocycles. The van der Waals surface area contributed by atoms with Crippen LogP contribution in [0.25, 0.3) is 0 Å². The van der Waals surface area contributed by atoms with E-state index in [1.165, 1.54) is 0 Å². The molecule has 0 aliphatic rings. The Morgan fingerprint density at radius 2 is 2.00 bits per heavy atom. The van der Waals surface area contributed by atoms with Crippen LogP contribution in [-0.2, 0) is 4.79 Å². The van der Waals surface area contributed by atoms with Crippen LogP contribution in [0.15, 0.2) is 41.4 Å². The number of primary amides is 1. The number of amides is 2. The Kier molecular flexibility index (Phi) is 8.51. The second kappa shape index (κ2) is 10.2. The molecule has 3 N–H and O–H groups in total. The molecule has 0 bridgehead atoms. The Labute approximate surface area is 140 Å². The van der Waals surface area contributed by atoms with Gasteiger partial charge in [-0.15, -0.1) is 6.58 Å². The van der Waals surface area contributed by atoms with Gasteiger partial charge in [-0.05, 0) is 37.5 Å². The molecule has 0 fully saturated rings. The lowest BCUT2D eigenvalue weighted by molar-refractivity contribution is -0.120. The average molecular weight is 367 g/mol. The van der Waals surface area contributed by atoms with Crippen LogP contribution in [0, 0.1) is 0 Å². The number of benzene rings is 1. The van der Waals surface area contributed by atoms with Crippen LogP contribution in [0.4, 0.5) is 0 Å². The molecule has 0 aliphatic carbocycles. The van der Waals surface area contributed by atoms with Gasteiger partial charge in [-0.25, -0.2) is 0 Å². The lowest BCUT2D eigenvalue weighted by atomic mass is 10.1. The van der Waals surface area contributed by atoms with Crippen LogP contribution < -0.4 is 11.1 Å². The molecule has 1 aromatic carbocycles. The Morgan fingerprint density at radius 1 is 1.27 bits per heavy atom. The number of nitrogens with two attached hydrogens (primary N) is 1. The Morgan fingerprint density at radius 3 is 2.64 bits per heavy atom. The Hall–Kier alpha value is -1.62. The van der Waals surface area contributed by atoms with E-state index >= 15 is 0 Å². The summed E-state index contributed by atoms with van der Waals surface area (Å²) < 4.78 is 0.818. The first-order valence-corrected chi connectivity index (χ1v) is 8.30. The number of carbonyl (C=O) groups is 2. The SMILES string of the molecule is C=CCCCCCC[C@H](NC(=O)c1cccc(Br)c1)C(N)=O. The zero-order valence-corrected chi connectivity index (χ0v) is 14.3. The molecule has 4 nitrogen and oxygen atoms in total. The molecule has 0 saturated heterocycles. The predicted octanol–water partition coefficient (Wildman–Crippen LogP) is 3.56. The van der Waals surface area contributed by atoms with Crippen LogP contribution >= 0.6 is 15.9 Å². The molecular weight excluding hydrogens is 344 g/mol. The van der Waals surface area contributed by atoms with Crippen molar-refractivity contribution in [2.45, 2.75) is 44.6 Å². The summed E-state index contributed by atoms with van der Waals surface area (Å²) in [6.07, 6.45) is 7.58. The van der Waals surface area contributed by atoms with Crippen molar-refractivity contribution in [1.29, 1.82) is 0 Å². The van der Waals surface area contributed by atoms with Gasteiger partial charge in [-0.1, -0.05) is 47.3 Å². The largest absolute Gasteiger partial charge is 0.368 e. The number of rotatable bonds is 10. The summed E-state index contributed by atoms with van der Waals surface area (Å²) in [4.78, 5) is 23.6. The fourth-order valence-electron chi connectivity index (χ4n) is 2.15. The van der Waals surface area contributed by atoms with Crippen LogP contribution in [-0.4, -0.2) is 17.9 Å². The Balaban J connectivity index is 2.45. The maximum absolute atomic E-state index is 12.1. The van der Waals surface area contributed by atoms with Crippen molar-refractivity contribution >= 4 is 27.7 Å². The zero-order chi connectivity index (χ0) is 16.4. The predicted molar refractivity (Wildman–Crippen MR) is 92.5 cm³/mol. The molecule has 120 valence electrons. The lowest BCUT2D eigenvalue weighted by Crippen LogP contribution is -2.44. The number of hydrogen-bond donors (Lipinski definition) is 2. The van der Waals surface area contributed by atoms with E-state index in [0.717, 1.165) is 36.6 Å². The highest BCUT2D eigenvalue weighted by molar-refractivity contribution is 9.10. The molecule has 1 aromatic rings. The van der Waals surface area contributed by atoms with E-state index < -0.39 is 11.9 Å². The topological polar surface area (TPSA) is 72.2 Å². The highest BCUT2D eigenvalue weighted by atomic mass is 79.9. The number of halogens is 1. The summed E-state index contributed by atoms with van der Waals surface area (Å²) in [5.41, 5.74) is 5.89. The molecule has 0 radical (unpaired) electrons. The van der Waals surface area contributed by atoms with Gasteiger partial charge in [0, 0.05) is 10.0 Å². The highest BCUT2D eigenvalue weighted by Gasteiger charge is 2.18. The quantitative estimate of drug-likeness (QED) is 0.490. The minimum atomic E-state index is -0.620. The van der Waals surface area contributed by atoms with Crippen molar-refractivity contribution in [2.24, 2.45) is 5.73 Å². The summed E-state index contributed by atoms with van der Waals surface area (Å²) in [5, 5.41) is 2.71. The summed E-state index contributed by atoms with van der Waals surface area (Å²) in [5.74, 6) is -0.772. The van der Waals surface area contributed by atoms with Crippen LogP contribution in [0.2, 0.25) is 0 Å². The Bertz CT molecular complexity index is 517. The van der Waals surface area contributed by atoms with Gasteiger partial charge in [0.1, 0.15) is 6.04 Å². The van der Waals surface area contributed by atoms with E-state index in [1.54, 1.807) is 18.2 Å². The first-order valence-electron chi connectivity index (χ1n) is 7.51. The van der Waals surface area contributed by atoms with E-state index in [1.807, 2.05) is 12.1 Å². The molecule has 0 aliphatic heterocycles. The summed E-state index contributed by atoms with van der Waals surface area (Å²) in [7, 11) is 0. The van der Waals surface area contributed by atoms with Gasteiger partial charge in [0.05, 0.1) is 0 Å². The van der Waals surface area contributed by atoms with Crippen LogP contribution in [0.3, 0.4) is 0 Å². The molecule has 2 amide bonds. The molecule has 22 heavy (non-hydrogen) atoms. The average Bonchev–Trinajstić information content (AvgIpc) is 2.49. The molecular formula is C17H23BrN2O2. The van der Waals surface area contributed by atoms with E-state index in [4.69, 9.17) is 5.73 Å². The van der Waals surface area contributed by atoms with Gasteiger partial charge < -0.3 is 11.1 Å². The molecule has 0 saturated carbocycles. The molecule has 1 atom stereocenters. The number of nitrogens with one attached hydrogen (secondary N) is 1. The van der Waals surface area contributed by atoms with Crippen molar-refractivity contribution in [3.8, 4) is 0 Å². The first kappa shape index (κ1) is 18.4. The highest BCUT2D eigenvalue weighted by Crippen LogP contribution is 2.12. The molecule has 0 aromatic heterocycles. The van der Waals surface area contributed by atoms with E-state index in [9.17, 15) is 9.59 Å². The van der Waals surface area contributed by atoms with Crippen molar-refractivity contribution < 1.29 is 9.59 Å². The second-order valence-corrected chi connectivity index (χ2v) is 6.13. The fourth-order valence-corrected chi connectivity index (χ4v) is 2.55. The smallest absolute Gasteiger partial charge is 0.251 e. The van der Waals surface area contributed by atoms with Crippen molar-refractivity contribution in [3.05, 3.63) is 47.0 Å². The van der Waals surface area contributed by atoms with Gasteiger partial charge in [-0.2, -0.15) is 0 Å². The van der Waals surface area contributed by atoms with Gasteiger partial charge in [0.25, 0.3) is 5.91 Å². The number of unbranched alkanes of at least 4 members (excludes halogenated alkanes) is 4. The third kappa shape index (κ3) is 6.89. The fraction of sp³-hybridized carbons (Fsp3) is 0.412. The van der Waals surface area contributed by atoms with E-state index in [-0.39, 0.29) is 5.91 Å². The van der Waals surface area contributed by atoms with Crippen LogP contribution in [0.1, 0.15) is 48.9 Å². The maximum atomic E-state index is 12.1. The molecule has 0 unspecified atom stereocenters. The van der Waals surface area contributed by atoms with E-state index in [2.05, 4.69) is 27.8 Å². The van der Waals surface area contributed by atoms with Gasteiger partial charge in [-0.3, -0.25) is 9.59 Å². The standard InChI is InChI=1S/C17H23BrN2O2/c1-2-3-4-5-6-7-11-15(16(19)21)20-17(22)13-9-8-10-14(18)12-13/h2,8-10,12,15H,1,3-7,11H2,(H2,19,21)(H,20,22)/t15-/m0/s1. The summed E-state index contributed by atoms with van der Waals surface area (Å²) >= 11 is 3.32. The third-order valence-corrected chi connectivity index (χ3v) is 3.88. The monoisotopic (exact) mass is 366 g/mol. The minimum Gasteiger partial charge on any atom is -0.368 e. The van der Waals surface area contributed by atoms with E-state index in [0.29, 0.717) is 12.0 Å². The lowest BCUT2D eigenvalue weighted by Gasteiger charge is -2.15. The minimum absolute atomic E-state index is 0.281.